The van der Waals surface area contributed by atoms with E-state index in [1.165, 1.54) is 0 Å². The van der Waals surface area contributed by atoms with E-state index in [2.05, 4.69) is 6.58 Å². The summed E-state index contributed by atoms with van der Waals surface area (Å²) >= 11 is 0. The van der Waals surface area contributed by atoms with Crippen molar-refractivity contribution in [2.45, 2.75) is 33.6 Å². The molecule has 0 saturated carbocycles. The fraction of sp³-hybridized carbons (Fsp3) is 0.700. The molecule has 0 spiro atoms. The smallest absolute Gasteiger partial charge is 0.306 e. The fourth-order valence-electron chi connectivity index (χ4n) is 1.02. The van der Waals surface area contributed by atoms with Gasteiger partial charge in [0.15, 0.2) is 0 Å². The first kappa shape index (κ1) is 11.2. The lowest BCUT2D eigenvalue weighted by molar-refractivity contribution is -0.142. The van der Waals surface area contributed by atoms with Gasteiger partial charge in [-0.2, -0.15) is 0 Å². The predicted molar refractivity (Wildman–Crippen MR) is 50.0 cm³/mol. The Bertz CT molecular complexity index is 173. The van der Waals surface area contributed by atoms with Crippen LogP contribution in [0.2, 0.25) is 0 Å². The zero-order chi connectivity index (χ0) is 9.72. The van der Waals surface area contributed by atoms with Crippen LogP contribution in [0.15, 0.2) is 12.2 Å². The van der Waals surface area contributed by atoms with E-state index in [9.17, 15) is 4.79 Å². The van der Waals surface area contributed by atoms with Crippen LogP contribution in [0.25, 0.3) is 0 Å². The molecular formula is C10H18O2. The van der Waals surface area contributed by atoms with Crippen molar-refractivity contribution >= 4 is 5.97 Å². The number of carbonyl (C=O) groups is 1. The van der Waals surface area contributed by atoms with Gasteiger partial charge in [-0.1, -0.05) is 32.9 Å². The van der Waals surface area contributed by atoms with Gasteiger partial charge in [0.25, 0.3) is 0 Å². The number of carboxylic acid groups (broad SMARTS) is 1. The molecule has 0 rings (SSSR count). The van der Waals surface area contributed by atoms with Gasteiger partial charge in [0.2, 0.25) is 0 Å². The van der Waals surface area contributed by atoms with Gasteiger partial charge >= 0.3 is 5.97 Å². The summed E-state index contributed by atoms with van der Waals surface area (Å²) in [6.45, 7) is 9.61. The molecule has 0 amide bonds. The average molecular weight is 170 g/mol. The molecular weight excluding hydrogens is 152 g/mol. The largest absolute Gasteiger partial charge is 0.481 e. The van der Waals surface area contributed by atoms with Gasteiger partial charge in [0, 0.05) is 0 Å². The number of allylic oxidation sites excluding steroid dienone is 1. The van der Waals surface area contributed by atoms with Crippen molar-refractivity contribution in [2.24, 2.45) is 11.8 Å². The summed E-state index contributed by atoms with van der Waals surface area (Å²) < 4.78 is 0. The molecule has 2 unspecified atom stereocenters. The standard InChI is InChI=1S/C10H18O2/c1-5-7(2)6-8(3)9(4)10(11)12/h8-9H,2,5-6H2,1,3-4H3,(H,11,12). The minimum absolute atomic E-state index is 0.190. The molecule has 0 radical (unpaired) electrons. The van der Waals surface area contributed by atoms with Crippen molar-refractivity contribution in [3.05, 3.63) is 12.2 Å². The highest BCUT2D eigenvalue weighted by Gasteiger charge is 2.19. The molecule has 0 saturated heterocycles. The van der Waals surface area contributed by atoms with Crippen LogP contribution in [-0.2, 0) is 4.79 Å². The first-order valence-corrected chi connectivity index (χ1v) is 4.38. The fourth-order valence-corrected chi connectivity index (χ4v) is 1.02. The average Bonchev–Trinajstić information content (AvgIpc) is 2.02. The Morgan fingerprint density at radius 2 is 2.00 bits per heavy atom. The van der Waals surface area contributed by atoms with Crippen LogP contribution in [0.4, 0.5) is 0 Å². The van der Waals surface area contributed by atoms with E-state index in [1.54, 1.807) is 6.92 Å². The molecule has 0 aliphatic rings. The molecule has 2 heteroatoms. The van der Waals surface area contributed by atoms with E-state index < -0.39 is 5.97 Å². The Hall–Kier alpha value is -0.790. The van der Waals surface area contributed by atoms with E-state index in [0.717, 1.165) is 18.4 Å². The second kappa shape index (κ2) is 4.96. The molecule has 0 aliphatic heterocycles. The first-order valence-electron chi connectivity index (χ1n) is 4.38. The monoisotopic (exact) mass is 170 g/mol. The van der Waals surface area contributed by atoms with Crippen LogP contribution in [-0.4, -0.2) is 11.1 Å². The number of hydrogen-bond acceptors (Lipinski definition) is 1. The number of aliphatic carboxylic acids is 1. The van der Waals surface area contributed by atoms with Crippen molar-refractivity contribution in [2.75, 3.05) is 0 Å². The van der Waals surface area contributed by atoms with Crippen LogP contribution < -0.4 is 0 Å². The molecule has 0 aromatic carbocycles. The summed E-state index contributed by atoms with van der Waals surface area (Å²) in [6, 6.07) is 0. The van der Waals surface area contributed by atoms with Crippen LogP contribution in [0.1, 0.15) is 33.6 Å². The van der Waals surface area contributed by atoms with Crippen molar-refractivity contribution < 1.29 is 9.90 Å². The highest BCUT2D eigenvalue weighted by molar-refractivity contribution is 5.69. The summed E-state index contributed by atoms with van der Waals surface area (Å²) in [5.74, 6) is -0.797. The van der Waals surface area contributed by atoms with Gasteiger partial charge in [-0.15, -0.1) is 0 Å². The second-order valence-corrected chi connectivity index (χ2v) is 3.41. The highest BCUT2D eigenvalue weighted by Crippen LogP contribution is 2.20. The Labute approximate surface area is 74.3 Å². The Balaban J connectivity index is 3.94. The van der Waals surface area contributed by atoms with Crippen molar-refractivity contribution in [1.29, 1.82) is 0 Å². The molecule has 0 fully saturated rings. The summed E-state index contributed by atoms with van der Waals surface area (Å²) in [7, 11) is 0. The highest BCUT2D eigenvalue weighted by atomic mass is 16.4. The molecule has 0 aromatic rings. The van der Waals surface area contributed by atoms with Crippen LogP contribution in [0, 0.1) is 11.8 Å². The summed E-state index contributed by atoms with van der Waals surface area (Å²) in [5.41, 5.74) is 1.13. The number of carboxylic acids is 1. The molecule has 0 aromatic heterocycles. The van der Waals surface area contributed by atoms with Crippen molar-refractivity contribution in [1.82, 2.24) is 0 Å². The lowest BCUT2D eigenvalue weighted by Crippen LogP contribution is -2.18. The third kappa shape index (κ3) is 3.56. The quantitative estimate of drug-likeness (QED) is 0.644. The molecule has 2 atom stereocenters. The molecule has 1 N–H and O–H groups in total. The molecule has 0 bridgehead atoms. The van der Waals surface area contributed by atoms with Gasteiger partial charge in [0.1, 0.15) is 0 Å². The minimum Gasteiger partial charge on any atom is -0.481 e. The van der Waals surface area contributed by atoms with Gasteiger partial charge in [-0.25, -0.2) is 0 Å². The molecule has 2 nitrogen and oxygen atoms in total. The van der Waals surface area contributed by atoms with E-state index in [-0.39, 0.29) is 11.8 Å². The maximum Gasteiger partial charge on any atom is 0.306 e. The molecule has 0 heterocycles. The van der Waals surface area contributed by atoms with Gasteiger partial charge < -0.3 is 5.11 Å². The van der Waals surface area contributed by atoms with Crippen LogP contribution in [0.5, 0.6) is 0 Å². The number of hydrogen-bond donors (Lipinski definition) is 1. The normalized spacial score (nSPS) is 15.2. The molecule has 12 heavy (non-hydrogen) atoms. The molecule has 0 aliphatic carbocycles. The van der Waals surface area contributed by atoms with Crippen molar-refractivity contribution in [3.8, 4) is 0 Å². The first-order chi connectivity index (χ1) is 5.49. The van der Waals surface area contributed by atoms with Crippen molar-refractivity contribution in [3.63, 3.8) is 0 Å². The predicted octanol–water partition coefficient (Wildman–Crippen LogP) is 2.70. The van der Waals surface area contributed by atoms with Crippen LogP contribution >= 0.6 is 0 Å². The lowest BCUT2D eigenvalue weighted by atomic mass is 9.89. The SMILES string of the molecule is C=C(CC)CC(C)C(C)C(=O)O. The maximum absolute atomic E-state index is 10.6. The maximum atomic E-state index is 10.6. The third-order valence-corrected chi connectivity index (χ3v) is 2.35. The lowest BCUT2D eigenvalue weighted by Gasteiger charge is -2.16. The second-order valence-electron chi connectivity index (χ2n) is 3.41. The zero-order valence-electron chi connectivity index (χ0n) is 8.13. The summed E-state index contributed by atoms with van der Waals surface area (Å²) in [4.78, 5) is 10.6. The number of rotatable bonds is 5. The summed E-state index contributed by atoms with van der Waals surface area (Å²) in [5, 5.41) is 8.71. The van der Waals surface area contributed by atoms with E-state index >= 15 is 0 Å². The van der Waals surface area contributed by atoms with Crippen LogP contribution in [0.3, 0.4) is 0 Å². The van der Waals surface area contributed by atoms with Gasteiger partial charge in [0.05, 0.1) is 5.92 Å². The minimum atomic E-state index is -0.716. The van der Waals surface area contributed by atoms with Gasteiger partial charge in [-0.05, 0) is 18.8 Å². The van der Waals surface area contributed by atoms with Gasteiger partial charge in [-0.3, -0.25) is 4.79 Å². The Morgan fingerprint density at radius 3 is 2.33 bits per heavy atom. The van der Waals surface area contributed by atoms with E-state index in [0.29, 0.717) is 0 Å². The van der Waals surface area contributed by atoms with E-state index in [1.807, 2.05) is 13.8 Å². The molecule has 70 valence electrons. The third-order valence-electron chi connectivity index (χ3n) is 2.35. The Kier molecular flexibility index (Phi) is 4.64. The topological polar surface area (TPSA) is 37.3 Å². The zero-order valence-corrected chi connectivity index (χ0v) is 8.13. The van der Waals surface area contributed by atoms with E-state index in [4.69, 9.17) is 5.11 Å². The summed E-state index contributed by atoms with van der Waals surface area (Å²) in [6.07, 6.45) is 1.76. The Morgan fingerprint density at radius 1 is 1.50 bits per heavy atom.